The lowest BCUT2D eigenvalue weighted by Crippen LogP contribution is -2.35. The number of carbonyl (C=O) groups excluding carboxylic acids is 1. The summed E-state index contributed by atoms with van der Waals surface area (Å²) in [6.07, 6.45) is 9.06. The van der Waals surface area contributed by atoms with E-state index >= 15 is 0 Å². The van der Waals surface area contributed by atoms with Crippen molar-refractivity contribution >= 4 is 12.0 Å². The number of nitrogens with zero attached hydrogens (tertiary/aromatic N) is 1. The summed E-state index contributed by atoms with van der Waals surface area (Å²) in [5.74, 6) is 0.295. The molecule has 2 heterocycles. The average molecular weight is 391 g/mol. The molecule has 4 rings (SSSR count). The number of benzene rings is 1. The molecular formula is C25H26FNO2. The Hall–Kier alpha value is -2.75. The molecule has 0 radical (unpaired) electrons. The molecule has 29 heavy (non-hydrogen) atoms. The molecule has 0 N–H and O–H groups in total. The van der Waals surface area contributed by atoms with E-state index in [9.17, 15) is 9.18 Å². The van der Waals surface area contributed by atoms with Crippen molar-refractivity contribution in [2.45, 2.75) is 33.3 Å². The first kappa shape index (κ1) is 19.6. The average Bonchev–Trinajstić information content (AvgIpc) is 2.99. The Balaban J connectivity index is 1.58. The molecule has 3 nitrogen and oxygen atoms in total. The quantitative estimate of drug-likeness (QED) is 0.497. The monoisotopic (exact) mass is 391 g/mol. The van der Waals surface area contributed by atoms with Gasteiger partial charge < -0.3 is 4.74 Å². The van der Waals surface area contributed by atoms with E-state index < -0.39 is 0 Å². The zero-order chi connectivity index (χ0) is 20.5. The molecule has 150 valence electrons. The summed E-state index contributed by atoms with van der Waals surface area (Å²) in [5, 5.41) is 0. The number of hydrogen-bond donors (Lipinski definition) is 0. The van der Waals surface area contributed by atoms with E-state index in [0.29, 0.717) is 5.92 Å². The van der Waals surface area contributed by atoms with Crippen LogP contribution >= 0.6 is 0 Å². The van der Waals surface area contributed by atoms with Crippen LogP contribution in [-0.4, -0.2) is 17.1 Å². The number of ether oxygens (including phenoxy) is 1. The van der Waals surface area contributed by atoms with Crippen LogP contribution in [0.2, 0.25) is 0 Å². The lowest BCUT2D eigenvalue weighted by atomic mass is 9.66. The minimum Gasteiger partial charge on any atom is -0.462 e. The first-order valence-electron chi connectivity index (χ1n) is 10.3. The third-order valence-corrected chi connectivity index (χ3v) is 6.34. The van der Waals surface area contributed by atoms with Gasteiger partial charge in [0, 0.05) is 17.7 Å². The fourth-order valence-electron chi connectivity index (χ4n) is 4.91. The molecule has 0 bridgehead atoms. The molecule has 0 saturated carbocycles. The third-order valence-electron chi connectivity index (χ3n) is 6.34. The highest BCUT2D eigenvalue weighted by Crippen LogP contribution is 2.47. The maximum atomic E-state index is 13.5. The summed E-state index contributed by atoms with van der Waals surface area (Å²) >= 11 is 0. The maximum Gasteiger partial charge on any atom is 0.313 e. The van der Waals surface area contributed by atoms with Crippen LogP contribution in [0.1, 0.15) is 32.9 Å². The molecule has 0 amide bonds. The van der Waals surface area contributed by atoms with E-state index in [1.807, 2.05) is 31.2 Å². The fourth-order valence-corrected chi connectivity index (χ4v) is 4.91. The lowest BCUT2D eigenvalue weighted by Gasteiger charge is -2.36. The number of pyridine rings is 1. The van der Waals surface area contributed by atoms with Crippen LogP contribution in [0.15, 0.2) is 60.3 Å². The summed E-state index contributed by atoms with van der Waals surface area (Å²) in [4.78, 5) is 16.8. The number of rotatable bonds is 4. The number of esters is 1. The Morgan fingerprint density at radius 3 is 2.72 bits per heavy atom. The van der Waals surface area contributed by atoms with Crippen LogP contribution in [0, 0.1) is 29.5 Å². The van der Waals surface area contributed by atoms with Gasteiger partial charge in [0.05, 0.1) is 11.6 Å². The van der Waals surface area contributed by atoms with Gasteiger partial charge in [-0.25, -0.2) is 4.39 Å². The smallest absolute Gasteiger partial charge is 0.313 e. The SMILES string of the molecule is CC[C@@H]1C(C)=C[C@H]2C(=O)O[C@H](C)[C@H]2[C@H]1C=Cc1ccc(-c2cccc(F)c2)cn1. The highest BCUT2D eigenvalue weighted by molar-refractivity contribution is 5.78. The van der Waals surface area contributed by atoms with Crippen molar-refractivity contribution in [3.8, 4) is 11.1 Å². The third kappa shape index (κ3) is 3.76. The molecule has 0 spiro atoms. The van der Waals surface area contributed by atoms with Gasteiger partial charge >= 0.3 is 5.97 Å². The molecule has 1 aromatic carbocycles. The second-order valence-corrected chi connectivity index (χ2v) is 8.09. The largest absolute Gasteiger partial charge is 0.462 e. The van der Waals surface area contributed by atoms with Gasteiger partial charge in [0.1, 0.15) is 11.9 Å². The Kier molecular flexibility index (Phi) is 5.35. The van der Waals surface area contributed by atoms with Crippen molar-refractivity contribution in [1.29, 1.82) is 0 Å². The normalized spacial score (nSPS) is 28.9. The predicted octanol–water partition coefficient (Wildman–Crippen LogP) is 5.68. The first-order chi connectivity index (χ1) is 14.0. The predicted molar refractivity (Wildman–Crippen MR) is 112 cm³/mol. The molecule has 1 saturated heterocycles. The molecule has 1 aromatic heterocycles. The minimum absolute atomic E-state index is 0.0798. The van der Waals surface area contributed by atoms with Gasteiger partial charge in [0.15, 0.2) is 0 Å². The minimum atomic E-state index is -0.255. The van der Waals surface area contributed by atoms with Crippen LogP contribution in [0.3, 0.4) is 0 Å². The van der Waals surface area contributed by atoms with Gasteiger partial charge in [0.2, 0.25) is 0 Å². The van der Waals surface area contributed by atoms with Gasteiger partial charge in [-0.2, -0.15) is 0 Å². The van der Waals surface area contributed by atoms with Crippen LogP contribution in [-0.2, 0) is 9.53 Å². The number of aromatic nitrogens is 1. The Morgan fingerprint density at radius 1 is 1.21 bits per heavy atom. The number of fused-ring (bicyclic) bond motifs is 1. The number of hydrogen-bond acceptors (Lipinski definition) is 3. The van der Waals surface area contributed by atoms with E-state index in [1.165, 1.54) is 17.7 Å². The van der Waals surface area contributed by atoms with Gasteiger partial charge in [0.25, 0.3) is 0 Å². The van der Waals surface area contributed by atoms with Crippen LogP contribution < -0.4 is 0 Å². The Morgan fingerprint density at radius 2 is 2.03 bits per heavy atom. The van der Waals surface area contributed by atoms with Crippen molar-refractivity contribution in [3.63, 3.8) is 0 Å². The molecule has 1 aliphatic heterocycles. The molecule has 5 atom stereocenters. The number of halogens is 1. The summed E-state index contributed by atoms with van der Waals surface area (Å²) in [6.45, 7) is 6.31. The number of cyclic esters (lactones) is 1. The summed E-state index contributed by atoms with van der Waals surface area (Å²) < 4.78 is 19.0. The van der Waals surface area contributed by atoms with Crippen LogP contribution in [0.4, 0.5) is 4.39 Å². The van der Waals surface area contributed by atoms with Crippen LogP contribution in [0.25, 0.3) is 17.2 Å². The second kappa shape index (κ2) is 7.94. The van der Waals surface area contributed by atoms with Crippen molar-refractivity contribution < 1.29 is 13.9 Å². The fraction of sp³-hybridized carbons (Fsp3) is 0.360. The Labute approximate surface area is 171 Å². The van der Waals surface area contributed by atoms with Crippen molar-refractivity contribution in [2.24, 2.45) is 23.7 Å². The molecule has 4 heteroatoms. The number of allylic oxidation sites excluding steroid dienone is 2. The second-order valence-electron chi connectivity index (χ2n) is 8.09. The van der Waals surface area contributed by atoms with E-state index in [0.717, 1.165) is 23.2 Å². The maximum absolute atomic E-state index is 13.5. The molecule has 1 fully saturated rings. The van der Waals surface area contributed by atoms with Gasteiger partial charge in [-0.15, -0.1) is 0 Å². The van der Waals surface area contributed by atoms with Crippen molar-refractivity contribution in [3.05, 3.63) is 71.8 Å². The highest BCUT2D eigenvalue weighted by atomic mass is 19.1. The summed E-state index contributed by atoms with van der Waals surface area (Å²) in [6, 6.07) is 10.4. The van der Waals surface area contributed by atoms with E-state index in [1.54, 1.807) is 12.3 Å². The first-order valence-corrected chi connectivity index (χ1v) is 10.3. The molecular weight excluding hydrogens is 365 g/mol. The molecule has 2 aliphatic rings. The Bertz CT molecular complexity index is 963. The van der Waals surface area contributed by atoms with E-state index in [2.05, 4.69) is 31.0 Å². The van der Waals surface area contributed by atoms with Crippen molar-refractivity contribution in [2.75, 3.05) is 0 Å². The summed E-state index contributed by atoms with van der Waals surface area (Å²) in [7, 11) is 0. The molecule has 2 aromatic rings. The summed E-state index contributed by atoms with van der Waals surface area (Å²) in [5.41, 5.74) is 3.81. The molecule has 0 unspecified atom stereocenters. The van der Waals surface area contributed by atoms with E-state index in [-0.39, 0.29) is 35.6 Å². The zero-order valence-electron chi connectivity index (χ0n) is 17.0. The van der Waals surface area contributed by atoms with Crippen molar-refractivity contribution in [1.82, 2.24) is 4.98 Å². The molecule has 1 aliphatic carbocycles. The van der Waals surface area contributed by atoms with E-state index in [4.69, 9.17) is 4.74 Å². The van der Waals surface area contributed by atoms with Gasteiger partial charge in [-0.1, -0.05) is 42.8 Å². The standard InChI is InChI=1S/C25H26FNO2/c1-4-21-15(2)12-23-24(16(3)29-25(23)28)22(21)11-10-20-9-8-18(14-27-20)17-6-5-7-19(26)13-17/h5-14,16,21-24H,4H2,1-3H3/t16-,21-,22+,23-,24+/m1/s1. The zero-order valence-corrected chi connectivity index (χ0v) is 17.0. The van der Waals surface area contributed by atoms with Gasteiger partial charge in [-0.3, -0.25) is 9.78 Å². The number of carbonyl (C=O) groups is 1. The highest BCUT2D eigenvalue weighted by Gasteiger charge is 2.49. The lowest BCUT2D eigenvalue weighted by molar-refractivity contribution is -0.142. The van der Waals surface area contributed by atoms with Crippen LogP contribution in [0.5, 0.6) is 0 Å². The topological polar surface area (TPSA) is 39.2 Å². The van der Waals surface area contributed by atoms with Gasteiger partial charge in [-0.05, 0) is 61.9 Å².